The molecule has 0 bridgehead atoms. The minimum Gasteiger partial charge on any atom is -0.351 e. The van der Waals surface area contributed by atoms with Crippen molar-refractivity contribution in [2.24, 2.45) is 5.14 Å². The molecule has 104 valence electrons. The highest BCUT2D eigenvalue weighted by Crippen LogP contribution is 2.16. The number of nitro groups is 1. The van der Waals surface area contributed by atoms with Crippen LogP contribution in [-0.2, 0) is 10.0 Å². The van der Waals surface area contributed by atoms with Crippen molar-refractivity contribution in [2.75, 3.05) is 12.3 Å². The van der Waals surface area contributed by atoms with E-state index >= 15 is 0 Å². The first-order valence-corrected chi connectivity index (χ1v) is 6.65. The Balaban J connectivity index is 2.75. The summed E-state index contributed by atoms with van der Waals surface area (Å²) in [6.45, 7) is -0.284. The number of hydrogen-bond donors (Lipinski definition) is 2. The zero-order valence-electron chi connectivity index (χ0n) is 9.50. The van der Waals surface area contributed by atoms with Crippen LogP contribution in [0.25, 0.3) is 0 Å². The number of halogens is 1. The largest absolute Gasteiger partial charge is 0.351 e. The summed E-state index contributed by atoms with van der Waals surface area (Å²) in [4.78, 5) is 21.1. The Morgan fingerprint density at radius 3 is 2.58 bits per heavy atom. The van der Waals surface area contributed by atoms with Crippen LogP contribution in [0.3, 0.4) is 0 Å². The Labute approximate surface area is 107 Å². The number of hydrogen-bond acceptors (Lipinski definition) is 5. The van der Waals surface area contributed by atoms with E-state index in [0.29, 0.717) is 6.07 Å². The standard InChI is InChI=1S/C9H10FN3O5S/c10-8-5-6(13(15)16)1-2-7(8)9(14)12-3-4-19(11,17)18/h1-2,5H,3-4H2,(H,12,14)(H2,11,17,18). The zero-order chi connectivity index (χ0) is 14.6. The van der Waals surface area contributed by atoms with Crippen molar-refractivity contribution >= 4 is 21.6 Å². The summed E-state index contributed by atoms with van der Waals surface area (Å²) in [5.41, 5.74) is -0.904. The second-order valence-corrected chi connectivity index (χ2v) is 5.28. The van der Waals surface area contributed by atoms with Gasteiger partial charge >= 0.3 is 0 Å². The second kappa shape index (κ2) is 5.71. The van der Waals surface area contributed by atoms with Gasteiger partial charge in [-0.25, -0.2) is 17.9 Å². The van der Waals surface area contributed by atoms with Crippen molar-refractivity contribution in [1.29, 1.82) is 0 Å². The first-order chi connectivity index (χ1) is 8.70. The van der Waals surface area contributed by atoms with E-state index in [2.05, 4.69) is 5.32 Å². The first kappa shape index (κ1) is 15.0. The fourth-order valence-corrected chi connectivity index (χ4v) is 1.59. The summed E-state index contributed by atoms with van der Waals surface area (Å²) in [5, 5.41) is 17.2. The third-order valence-electron chi connectivity index (χ3n) is 2.08. The third-order valence-corrected chi connectivity index (χ3v) is 2.85. The van der Waals surface area contributed by atoms with Crippen molar-refractivity contribution in [3.8, 4) is 0 Å². The highest BCUT2D eigenvalue weighted by atomic mass is 32.2. The maximum Gasteiger partial charge on any atom is 0.272 e. The molecule has 0 aliphatic carbocycles. The first-order valence-electron chi connectivity index (χ1n) is 4.93. The second-order valence-electron chi connectivity index (χ2n) is 3.54. The van der Waals surface area contributed by atoms with Gasteiger partial charge in [-0.3, -0.25) is 14.9 Å². The molecule has 8 nitrogen and oxygen atoms in total. The number of sulfonamides is 1. The highest BCUT2D eigenvalue weighted by Gasteiger charge is 2.16. The maximum absolute atomic E-state index is 13.4. The van der Waals surface area contributed by atoms with Gasteiger partial charge in [0.1, 0.15) is 5.82 Å². The SMILES string of the molecule is NS(=O)(=O)CCNC(=O)c1ccc([N+](=O)[O-])cc1F. The monoisotopic (exact) mass is 291 g/mol. The van der Waals surface area contributed by atoms with Crippen molar-refractivity contribution in [1.82, 2.24) is 5.32 Å². The van der Waals surface area contributed by atoms with Gasteiger partial charge in [-0.15, -0.1) is 0 Å². The predicted octanol–water partition coefficient (Wildman–Crippen LogP) is -0.248. The molecule has 0 spiro atoms. The number of carbonyl (C=O) groups excluding carboxylic acids is 1. The van der Waals surface area contributed by atoms with Gasteiger partial charge < -0.3 is 5.32 Å². The minimum absolute atomic E-state index is 0.284. The minimum atomic E-state index is -3.73. The number of rotatable bonds is 5. The van der Waals surface area contributed by atoms with E-state index in [1.165, 1.54) is 0 Å². The van der Waals surface area contributed by atoms with E-state index in [9.17, 15) is 27.7 Å². The lowest BCUT2D eigenvalue weighted by molar-refractivity contribution is -0.385. The topological polar surface area (TPSA) is 132 Å². The molecule has 1 aromatic carbocycles. The number of nitrogens with one attached hydrogen (secondary N) is 1. The number of non-ortho nitro benzene ring substituents is 1. The van der Waals surface area contributed by atoms with Gasteiger partial charge in [-0.1, -0.05) is 0 Å². The fraction of sp³-hybridized carbons (Fsp3) is 0.222. The lowest BCUT2D eigenvalue weighted by atomic mass is 10.2. The van der Waals surface area contributed by atoms with E-state index < -0.39 is 43.7 Å². The number of nitrogens with two attached hydrogens (primary N) is 1. The molecule has 10 heteroatoms. The molecule has 1 aromatic rings. The molecule has 0 radical (unpaired) electrons. The van der Waals surface area contributed by atoms with Crippen LogP contribution in [0.4, 0.5) is 10.1 Å². The van der Waals surface area contributed by atoms with Gasteiger partial charge in [0, 0.05) is 12.6 Å². The van der Waals surface area contributed by atoms with Crippen LogP contribution in [0.15, 0.2) is 18.2 Å². The van der Waals surface area contributed by atoms with Crippen molar-refractivity contribution in [3.63, 3.8) is 0 Å². The summed E-state index contributed by atoms with van der Waals surface area (Å²) in [5.74, 6) is -2.44. The van der Waals surface area contributed by atoms with E-state index in [0.717, 1.165) is 12.1 Å². The smallest absolute Gasteiger partial charge is 0.272 e. The summed E-state index contributed by atoms with van der Waals surface area (Å²) < 4.78 is 34.6. The summed E-state index contributed by atoms with van der Waals surface area (Å²) in [6.07, 6.45) is 0. The Morgan fingerprint density at radius 2 is 2.11 bits per heavy atom. The Hall–Kier alpha value is -2.07. The number of primary sulfonamides is 1. The number of amides is 1. The lowest BCUT2D eigenvalue weighted by Crippen LogP contribution is -2.31. The molecule has 0 aromatic heterocycles. The van der Waals surface area contributed by atoms with Crippen LogP contribution < -0.4 is 10.5 Å². The van der Waals surface area contributed by atoms with E-state index in [-0.39, 0.29) is 6.54 Å². The molecule has 0 heterocycles. The average Bonchev–Trinajstić information content (AvgIpc) is 2.26. The number of nitro benzene ring substituents is 1. The average molecular weight is 291 g/mol. The van der Waals surface area contributed by atoms with Gasteiger partial charge in [0.05, 0.1) is 22.3 Å². The molecule has 0 saturated heterocycles. The number of carbonyl (C=O) groups is 1. The zero-order valence-corrected chi connectivity index (χ0v) is 10.3. The summed E-state index contributed by atoms with van der Waals surface area (Å²) in [6, 6.07) is 2.52. The van der Waals surface area contributed by atoms with Crippen LogP contribution in [0, 0.1) is 15.9 Å². The van der Waals surface area contributed by atoms with E-state index in [1.54, 1.807) is 0 Å². The van der Waals surface area contributed by atoms with Gasteiger partial charge in [0.25, 0.3) is 11.6 Å². The van der Waals surface area contributed by atoms with Crippen LogP contribution in [-0.4, -0.2) is 31.5 Å². The molecule has 0 saturated carbocycles. The van der Waals surface area contributed by atoms with Gasteiger partial charge in [-0.2, -0.15) is 0 Å². The predicted molar refractivity (Wildman–Crippen MR) is 63.4 cm³/mol. The Kier molecular flexibility index (Phi) is 4.51. The van der Waals surface area contributed by atoms with E-state index in [1.807, 2.05) is 0 Å². The molecule has 0 atom stereocenters. The number of nitrogens with zero attached hydrogens (tertiary/aromatic N) is 1. The molecule has 19 heavy (non-hydrogen) atoms. The van der Waals surface area contributed by atoms with Crippen molar-refractivity contribution in [2.45, 2.75) is 0 Å². The van der Waals surface area contributed by atoms with Crippen molar-refractivity contribution < 1.29 is 22.5 Å². The van der Waals surface area contributed by atoms with Crippen LogP contribution >= 0.6 is 0 Å². The van der Waals surface area contributed by atoms with Crippen LogP contribution in [0.5, 0.6) is 0 Å². The molecule has 0 aliphatic heterocycles. The molecule has 0 unspecified atom stereocenters. The van der Waals surface area contributed by atoms with E-state index in [4.69, 9.17) is 5.14 Å². The lowest BCUT2D eigenvalue weighted by Gasteiger charge is -2.05. The van der Waals surface area contributed by atoms with Crippen LogP contribution in [0.2, 0.25) is 0 Å². The molecule has 1 rings (SSSR count). The Morgan fingerprint density at radius 1 is 1.47 bits per heavy atom. The molecular weight excluding hydrogens is 281 g/mol. The maximum atomic E-state index is 13.4. The van der Waals surface area contributed by atoms with Gasteiger partial charge in [-0.05, 0) is 6.07 Å². The summed E-state index contributed by atoms with van der Waals surface area (Å²) >= 11 is 0. The third kappa shape index (κ3) is 4.60. The fourth-order valence-electron chi connectivity index (χ4n) is 1.20. The van der Waals surface area contributed by atoms with Crippen molar-refractivity contribution in [3.05, 3.63) is 39.7 Å². The van der Waals surface area contributed by atoms with Gasteiger partial charge in [0.2, 0.25) is 10.0 Å². The van der Waals surface area contributed by atoms with Crippen LogP contribution in [0.1, 0.15) is 10.4 Å². The molecule has 0 aliphatic rings. The quantitative estimate of drug-likeness (QED) is 0.570. The number of benzene rings is 1. The molecule has 0 fully saturated rings. The molecular formula is C9H10FN3O5S. The van der Waals surface area contributed by atoms with Gasteiger partial charge in [0.15, 0.2) is 0 Å². The molecule has 1 amide bonds. The summed E-state index contributed by atoms with van der Waals surface area (Å²) in [7, 11) is -3.73. The highest BCUT2D eigenvalue weighted by molar-refractivity contribution is 7.89. The normalized spacial score (nSPS) is 11.1. The molecule has 3 N–H and O–H groups in total. The Bertz CT molecular complexity index is 616.